The van der Waals surface area contributed by atoms with Crippen molar-refractivity contribution >= 4 is 11.1 Å². The summed E-state index contributed by atoms with van der Waals surface area (Å²) in [5.74, 6) is 0. The van der Waals surface area contributed by atoms with Gasteiger partial charge in [-0.15, -0.1) is 0 Å². The molecule has 0 saturated heterocycles. The first kappa shape index (κ1) is 31.0. The lowest BCUT2D eigenvalue weighted by Crippen LogP contribution is -2.55. The molecule has 38 heavy (non-hydrogen) atoms. The predicted molar refractivity (Wildman–Crippen MR) is 166 cm³/mol. The van der Waals surface area contributed by atoms with Gasteiger partial charge in [0.25, 0.3) is 0 Å². The van der Waals surface area contributed by atoms with Crippen molar-refractivity contribution in [3.8, 4) is 0 Å². The van der Waals surface area contributed by atoms with Crippen molar-refractivity contribution in [1.82, 2.24) is 0 Å². The van der Waals surface area contributed by atoms with Crippen LogP contribution in [0.25, 0.3) is 11.1 Å². The van der Waals surface area contributed by atoms with Gasteiger partial charge in [-0.3, -0.25) is 0 Å². The Balaban J connectivity index is 0.000000583. The van der Waals surface area contributed by atoms with Gasteiger partial charge in [-0.05, 0) is 33.4 Å². The van der Waals surface area contributed by atoms with E-state index in [1.807, 2.05) is 128 Å². The normalized spacial score (nSPS) is 22.9. The Kier molecular flexibility index (Phi) is 11.5. The van der Waals surface area contributed by atoms with E-state index in [2.05, 4.69) is 24.3 Å². The highest BCUT2D eigenvalue weighted by molar-refractivity contribution is 5.94. The molecule has 6 rings (SSSR count). The van der Waals surface area contributed by atoms with Gasteiger partial charge in [0.05, 0.1) is 0 Å². The number of benzene rings is 2. The van der Waals surface area contributed by atoms with Gasteiger partial charge in [0.2, 0.25) is 0 Å². The average Bonchev–Trinajstić information content (AvgIpc) is 3.78. The Bertz CT molecular complexity index is 1140. The molecule has 0 radical (unpaired) electrons. The highest BCUT2D eigenvalue weighted by atomic mass is 16.4. The van der Waals surface area contributed by atoms with E-state index in [4.69, 9.17) is 0 Å². The molecule has 2 nitrogen and oxygen atoms in total. The maximum atomic E-state index is 12.4. The molecule has 0 heterocycles. The van der Waals surface area contributed by atoms with Crippen molar-refractivity contribution in [3.63, 3.8) is 0 Å². The van der Waals surface area contributed by atoms with Gasteiger partial charge in [-0.2, -0.15) is 0 Å². The molecule has 2 atom stereocenters. The zero-order valence-corrected chi connectivity index (χ0v) is 24.5. The van der Waals surface area contributed by atoms with Gasteiger partial charge in [-0.25, -0.2) is 0 Å². The third-order valence-electron chi connectivity index (χ3n) is 6.88. The van der Waals surface area contributed by atoms with E-state index in [1.165, 1.54) is 0 Å². The second-order valence-electron chi connectivity index (χ2n) is 8.49. The first-order valence-electron chi connectivity index (χ1n) is 14.4. The van der Waals surface area contributed by atoms with E-state index in [0.29, 0.717) is 12.8 Å². The average molecular weight is 511 g/mol. The standard InChI is InChI=1S/C28H22O2.4C2H6/c29-27(17-21-13-5-7-15-23(21)25(27)19-9-1-2-10-19)28(30)18-22-14-6-8-16-24(22)26(28)20-11-3-4-12-20;4*1-2/h1-16,29-30H,17-18H2;4*1-2H3. The zero-order chi connectivity index (χ0) is 28.3. The topological polar surface area (TPSA) is 40.5 Å². The molecule has 0 amide bonds. The first-order valence-corrected chi connectivity index (χ1v) is 14.4. The minimum absolute atomic E-state index is 0.387. The van der Waals surface area contributed by atoms with Crippen LogP contribution in [-0.2, 0) is 12.8 Å². The lowest BCUT2D eigenvalue weighted by molar-refractivity contribution is -0.0705. The van der Waals surface area contributed by atoms with Gasteiger partial charge >= 0.3 is 0 Å². The van der Waals surface area contributed by atoms with Gasteiger partial charge < -0.3 is 10.2 Å². The third kappa shape index (κ3) is 5.21. The Labute approximate surface area is 231 Å². The van der Waals surface area contributed by atoms with E-state index < -0.39 is 11.2 Å². The number of hydrogen-bond donors (Lipinski definition) is 2. The number of aliphatic hydroxyl groups is 2. The molecule has 2 unspecified atom stereocenters. The number of rotatable bonds is 1. The number of hydrogen-bond acceptors (Lipinski definition) is 2. The van der Waals surface area contributed by atoms with Gasteiger partial charge in [0.1, 0.15) is 11.2 Å². The van der Waals surface area contributed by atoms with Gasteiger partial charge in [-0.1, -0.05) is 153 Å². The van der Waals surface area contributed by atoms with Crippen molar-refractivity contribution < 1.29 is 10.2 Å². The van der Waals surface area contributed by atoms with Gasteiger partial charge in [0.15, 0.2) is 0 Å². The highest BCUT2D eigenvalue weighted by Crippen LogP contribution is 2.57. The minimum Gasteiger partial charge on any atom is -0.381 e. The van der Waals surface area contributed by atoms with Crippen LogP contribution in [0, 0.1) is 0 Å². The second kappa shape index (κ2) is 14.1. The molecule has 0 fully saturated rings. The summed E-state index contributed by atoms with van der Waals surface area (Å²) in [6.07, 6.45) is 16.8. The van der Waals surface area contributed by atoms with Crippen LogP contribution in [0.15, 0.2) is 108 Å². The van der Waals surface area contributed by atoms with Crippen LogP contribution in [-0.4, -0.2) is 21.4 Å². The van der Waals surface area contributed by atoms with Crippen LogP contribution in [0.1, 0.15) is 77.6 Å². The Morgan fingerprint density at radius 1 is 0.474 bits per heavy atom. The fourth-order valence-electron chi connectivity index (χ4n) is 5.59. The lowest BCUT2D eigenvalue weighted by Gasteiger charge is -2.42. The SMILES string of the molecule is CC.CC.CC.CC.OC1(C2(O)Cc3ccccc3C2=C2C=CC=C2)Cc2ccccc2C1=C1C=CC=C1. The molecule has 4 aliphatic rings. The predicted octanol–water partition coefficient (Wildman–Crippen LogP) is 8.83. The van der Waals surface area contributed by atoms with E-state index in [1.54, 1.807) is 0 Å². The van der Waals surface area contributed by atoms with Crippen molar-refractivity contribution in [2.24, 2.45) is 0 Å². The molecular formula is C36H46O2. The van der Waals surface area contributed by atoms with E-state index in [0.717, 1.165) is 44.5 Å². The Morgan fingerprint density at radius 2 is 0.763 bits per heavy atom. The molecule has 0 saturated carbocycles. The molecule has 2 aromatic carbocycles. The van der Waals surface area contributed by atoms with E-state index in [-0.39, 0.29) is 0 Å². The summed E-state index contributed by atoms with van der Waals surface area (Å²) in [7, 11) is 0. The van der Waals surface area contributed by atoms with Crippen molar-refractivity contribution in [1.29, 1.82) is 0 Å². The van der Waals surface area contributed by atoms with Crippen LogP contribution >= 0.6 is 0 Å². The quantitative estimate of drug-likeness (QED) is 0.402. The third-order valence-corrected chi connectivity index (χ3v) is 6.88. The summed E-state index contributed by atoms with van der Waals surface area (Å²) >= 11 is 0. The Morgan fingerprint density at radius 3 is 1.08 bits per heavy atom. The van der Waals surface area contributed by atoms with Crippen molar-refractivity contribution in [3.05, 3.63) is 131 Å². The monoisotopic (exact) mass is 510 g/mol. The second-order valence-corrected chi connectivity index (χ2v) is 8.49. The maximum absolute atomic E-state index is 12.4. The molecule has 0 aliphatic heterocycles. The molecule has 202 valence electrons. The molecule has 4 aliphatic carbocycles. The zero-order valence-electron chi connectivity index (χ0n) is 24.5. The summed E-state index contributed by atoms with van der Waals surface area (Å²) in [6, 6.07) is 16.2. The maximum Gasteiger partial charge on any atom is 0.128 e. The minimum atomic E-state index is -1.43. The van der Waals surface area contributed by atoms with Gasteiger partial charge in [0, 0.05) is 24.0 Å². The van der Waals surface area contributed by atoms with Crippen LogP contribution in [0.4, 0.5) is 0 Å². The number of allylic oxidation sites excluding steroid dienone is 10. The molecular weight excluding hydrogens is 464 g/mol. The van der Waals surface area contributed by atoms with E-state index in [9.17, 15) is 10.2 Å². The van der Waals surface area contributed by atoms with Crippen molar-refractivity contribution in [2.45, 2.75) is 79.4 Å². The summed E-state index contributed by atoms with van der Waals surface area (Å²) in [6.45, 7) is 16.0. The molecule has 2 N–H and O–H groups in total. The fourth-order valence-corrected chi connectivity index (χ4v) is 5.59. The van der Waals surface area contributed by atoms with E-state index >= 15 is 0 Å². The number of fused-ring (bicyclic) bond motifs is 2. The molecule has 0 bridgehead atoms. The summed E-state index contributed by atoms with van der Waals surface area (Å²) in [5.41, 5.74) is 4.90. The largest absolute Gasteiger partial charge is 0.381 e. The molecule has 0 aromatic heterocycles. The highest BCUT2D eigenvalue weighted by Gasteiger charge is 2.60. The summed E-state index contributed by atoms with van der Waals surface area (Å²) in [4.78, 5) is 0. The van der Waals surface area contributed by atoms with Crippen LogP contribution in [0.5, 0.6) is 0 Å². The molecule has 0 spiro atoms. The van der Waals surface area contributed by atoms with Crippen molar-refractivity contribution in [2.75, 3.05) is 0 Å². The van der Waals surface area contributed by atoms with Crippen LogP contribution < -0.4 is 0 Å². The molecule has 2 heteroatoms. The molecule has 2 aromatic rings. The van der Waals surface area contributed by atoms with Crippen LogP contribution in [0.2, 0.25) is 0 Å². The van der Waals surface area contributed by atoms with Crippen LogP contribution in [0.3, 0.4) is 0 Å². The first-order chi connectivity index (χ1) is 18.6. The summed E-state index contributed by atoms with van der Waals surface area (Å²) < 4.78 is 0. The fraction of sp³-hybridized carbons (Fsp3) is 0.333. The Hall–Kier alpha value is -3.20. The smallest absolute Gasteiger partial charge is 0.128 e. The summed E-state index contributed by atoms with van der Waals surface area (Å²) in [5, 5.41) is 24.9. The lowest BCUT2D eigenvalue weighted by atomic mass is 9.71.